The van der Waals surface area contributed by atoms with Crippen LogP contribution in [-0.4, -0.2) is 102 Å². The van der Waals surface area contributed by atoms with E-state index < -0.39 is 59.8 Å². The molecule has 1 saturated heterocycles. The fourth-order valence-corrected chi connectivity index (χ4v) is 8.07. The molecule has 4 aromatic rings. The lowest BCUT2D eigenvalue weighted by atomic mass is 9.75. The summed E-state index contributed by atoms with van der Waals surface area (Å²) in [6.45, 7) is 4.15. The smallest absolute Gasteiger partial charge is 0.453 e. The van der Waals surface area contributed by atoms with E-state index in [1.165, 1.54) is 15.8 Å². The van der Waals surface area contributed by atoms with Crippen LogP contribution >= 0.6 is 0 Å². The molecule has 1 aromatic carbocycles. The molecule has 2 aliphatic heterocycles. The van der Waals surface area contributed by atoms with Gasteiger partial charge in [-0.05, 0) is 55.9 Å². The number of halogens is 5. The van der Waals surface area contributed by atoms with Crippen LogP contribution in [0.1, 0.15) is 47.2 Å². The molecule has 2 N–H and O–H groups in total. The van der Waals surface area contributed by atoms with Crippen molar-refractivity contribution in [2.75, 3.05) is 37.7 Å². The highest BCUT2D eigenvalue weighted by molar-refractivity contribution is 5.95. The Kier molecular flexibility index (Phi) is 7.92. The van der Waals surface area contributed by atoms with Gasteiger partial charge in [0.15, 0.2) is 17.3 Å². The van der Waals surface area contributed by atoms with Gasteiger partial charge < -0.3 is 29.5 Å². The maximum absolute atomic E-state index is 14.3. The van der Waals surface area contributed by atoms with Crippen LogP contribution in [-0.2, 0) is 24.2 Å². The van der Waals surface area contributed by atoms with Crippen molar-refractivity contribution in [3.05, 3.63) is 57.5 Å². The molecule has 3 fully saturated rings. The lowest BCUT2D eigenvalue weighted by Crippen LogP contribution is -2.57. The summed E-state index contributed by atoms with van der Waals surface area (Å²) >= 11 is 0. The Morgan fingerprint density at radius 2 is 1.85 bits per heavy atom. The lowest BCUT2D eigenvalue weighted by Gasteiger charge is -2.40. The number of alkyl halides is 5. The molecule has 4 aliphatic rings. The zero-order chi connectivity index (χ0) is 37.6. The van der Waals surface area contributed by atoms with Crippen molar-refractivity contribution >= 4 is 23.3 Å². The summed E-state index contributed by atoms with van der Waals surface area (Å²) in [7, 11) is 0. The Morgan fingerprint density at radius 3 is 2.55 bits per heavy atom. The van der Waals surface area contributed by atoms with Crippen LogP contribution in [0.5, 0.6) is 11.5 Å². The largest absolute Gasteiger partial charge is 0.504 e. The number of ether oxygens (including phenoxy) is 1. The Labute approximate surface area is 297 Å². The monoisotopic (exact) mass is 743 g/mol. The lowest BCUT2D eigenvalue weighted by molar-refractivity contribution is -0.320. The summed E-state index contributed by atoms with van der Waals surface area (Å²) in [5.74, 6) is -6.35. The second kappa shape index (κ2) is 12.1. The number of amides is 2. The number of rotatable bonds is 8. The van der Waals surface area contributed by atoms with Crippen LogP contribution < -0.4 is 20.5 Å². The predicted molar refractivity (Wildman–Crippen MR) is 176 cm³/mol. The van der Waals surface area contributed by atoms with E-state index in [4.69, 9.17) is 4.74 Å². The number of anilines is 1. The minimum atomic E-state index is -5.68. The van der Waals surface area contributed by atoms with Crippen LogP contribution in [0.15, 0.2) is 29.3 Å². The summed E-state index contributed by atoms with van der Waals surface area (Å²) in [5.41, 5.74) is -0.426. The van der Waals surface area contributed by atoms with Crippen LogP contribution in [0.4, 0.5) is 27.6 Å². The molecule has 0 radical (unpaired) electrons. The van der Waals surface area contributed by atoms with Crippen molar-refractivity contribution in [2.24, 2.45) is 11.3 Å². The second-order valence-corrected chi connectivity index (χ2v) is 14.0. The quantitative estimate of drug-likeness (QED) is 0.257. The Morgan fingerprint density at radius 1 is 1.09 bits per heavy atom. The fraction of sp³-hybridized carbons (Fsp3) is 0.500. The second-order valence-electron chi connectivity index (χ2n) is 14.0. The molecule has 8 rings (SSSR count). The highest BCUT2D eigenvalue weighted by Gasteiger charge is 2.85. The molecule has 1 unspecified atom stereocenters. The zero-order valence-electron chi connectivity index (χ0n) is 28.6. The summed E-state index contributed by atoms with van der Waals surface area (Å²) in [6.07, 6.45) is -4.43. The molecule has 19 heteroatoms. The molecule has 2 aliphatic carbocycles. The van der Waals surface area contributed by atoms with Gasteiger partial charge in [-0.15, -0.1) is 5.10 Å². The summed E-state index contributed by atoms with van der Waals surface area (Å²) in [5, 5.41) is 17.6. The number of hydrogen-bond donors (Lipinski definition) is 2. The Balaban J connectivity index is 1.11. The van der Waals surface area contributed by atoms with Gasteiger partial charge in [-0.25, -0.2) is 9.97 Å². The summed E-state index contributed by atoms with van der Waals surface area (Å²) in [4.78, 5) is 56.9. The minimum absolute atomic E-state index is 0.0406. The third-order valence-electron chi connectivity index (χ3n) is 11.0. The number of nitrogens with zero attached hydrogens (tertiary/aromatic N) is 8. The van der Waals surface area contributed by atoms with Crippen molar-refractivity contribution in [1.82, 2.24) is 39.3 Å². The van der Waals surface area contributed by atoms with Crippen LogP contribution in [0.2, 0.25) is 0 Å². The molecule has 2 saturated carbocycles. The van der Waals surface area contributed by atoms with E-state index in [9.17, 15) is 41.4 Å². The minimum Gasteiger partial charge on any atom is -0.504 e. The molecule has 0 spiro atoms. The Hall–Kier alpha value is -5.36. The van der Waals surface area contributed by atoms with E-state index in [2.05, 4.69) is 25.4 Å². The van der Waals surface area contributed by atoms with E-state index in [0.717, 1.165) is 15.8 Å². The number of carbonyl (C=O) groups is 2. The van der Waals surface area contributed by atoms with Crippen molar-refractivity contribution in [2.45, 2.75) is 64.2 Å². The molecule has 2 amide bonds. The van der Waals surface area contributed by atoms with Gasteiger partial charge in [0.1, 0.15) is 24.3 Å². The van der Waals surface area contributed by atoms with Crippen molar-refractivity contribution in [1.29, 1.82) is 0 Å². The topological polar surface area (TPSA) is 160 Å². The highest BCUT2D eigenvalue weighted by atomic mass is 19.4. The standard InChI is InChI=1S/C34H34F5N9O5/c1-3-22-26(45-7-9-46(10-8-45)29(51)25-27(50)17(2)40-16-41-25)30(52)48-31(43-28(44-48)19-4-5-23-18(12-19)6-11-53-23)47(22)15-24(49)42-21-14-32(13-20(21)32)33(35,36)34(37,38)39/h4-5,12,16,20-21,50H,3,6-11,13-15H2,1-2H3,(H,42,49)/t20?,21-,32+/m1/s1. The van der Waals surface area contributed by atoms with E-state index >= 15 is 0 Å². The number of aromatic hydroxyl groups is 1. The summed E-state index contributed by atoms with van der Waals surface area (Å²) in [6, 6.07) is 4.54. The number of fused-ring (bicyclic) bond motifs is 3. The molecular formula is C34H34F5N9O5. The van der Waals surface area contributed by atoms with E-state index in [-0.39, 0.29) is 73.4 Å². The van der Waals surface area contributed by atoms with Gasteiger partial charge in [0.05, 0.1) is 23.4 Å². The normalized spacial score (nSPS) is 22.2. The maximum Gasteiger partial charge on any atom is 0.453 e. The number of benzene rings is 1. The molecule has 53 heavy (non-hydrogen) atoms. The van der Waals surface area contributed by atoms with E-state index in [1.807, 2.05) is 6.07 Å². The van der Waals surface area contributed by atoms with Crippen LogP contribution in [0.25, 0.3) is 17.2 Å². The molecule has 280 valence electrons. The molecular weight excluding hydrogens is 709 g/mol. The van der Waals surface area contributed by atoms with Crippen LogP contribution in [0.3, 0.4) is 0 Å². The molecule has 0 bridgehead atoms. The van der Waals surface area contributed by atoms with Crippen molar-refractivity contribution in [3.8, 4) is 22.9 Å². The number of piperazine rings is 1. The Bertz CT molecular complexity index is 2230. The number of hydrogen-bond acceptors (Lipinski definition) is 10. The van der Waals surface area contributed by atoms with Crippen molar-refractivity contribution < 1.29 is 41.4 Å². The van der Waals surface area contributed by atoms with E-state index in [1.54, 1.807) is 30.9 Å². The van der Waals surface area contributed by atoms with Gasteiger partial charge in [-0.2, -0.15) is 31.5 Å². The predicted octanol–water partition coefficient (Wildman–Crippen LogP) is 2.91. The summed E-state index contributed by atoms with van der Waals surface area (Å²) < 4.78 is 76.2. The molecule has 14 nitrogen and oxygen atoms in total. The molecule has 3 aromatic heterocycles. The third kappa shape index (κ3) is 5.36. The van der Waals surface area contributed by atoms with Crippen LogP contribution in [0, 0.1) is 18.3 Å². The van der Waals surface area contributed by atoms with Gasteiger partial charge in [0, 0.05) is 44.2 Å². The molecule has 3 atom stereocenters. The first-order valence-corrected chi connectivity index (χ1v) is 17.2. The van der Waals surface area contributed by atoms with Gasteiger partial charge in [-0.1, -0.05) is 6.92 Å². The van der Waals surface area contributed by atoms with Gasteiger partial charge >= 0.3 is 12.1 Å². The van der Waals surface area contributed by atoms with E-state index in [0.29, 0.717) is 24.3 Å². The third-order valence-corrected chi connectivity index (χ3v) is 11.0. The average Bonchev–Trinajstić information content (AvgIpc) is 3.43. The molecule has 5 heterocycles. The number of carbonyl (C=O) groups excluding carboxylic acids is 2. The number of aromatic nitrogens is 6. The SMILES string of the molecule is CCc1c(N2CCN(C(=O)c3ncnc(C)c3O)CC2)c(=O)n2nc(-c3ccc4c(c3)CCO4)nc2n1CC(=O)N[C@@H]1C[C@@]2(C(F)(F)C(F)(F)F)CC12. The maximum atomic E-state index is 14.3. The van der Waals surface area contributed by atoms with Gasteiger partial charge in [0.25, 0.3) is 11.5 Å². The highest BCUT2D eigenvalue weighted by Crippen LogP contribution is 2.76. The average molecular weight is 744 g/mol. The zero-order valence-corrected chi connectivity index (χ0v) is 28.6. The number of nitrogens with one attached hydrogen (secondary N) is 1. The fourth-order valence-electron chi connectivity index (χ4n) is 8.07. The van der Waals surface area contributed by atoms with Gasteiger partial charge in [-0.3, -0.25) is 14.4 Å². The first-order chi connectivity index (χ1) is 25.1. The first kappa shape index (κ1) is 34.7. The number of aryl methyl sites for hydroxylation is 1. The van der Waals surface area contributed by atoms with Crippen molar-refractivity contribution in [3.63, 3.8) is 0 Å². The first-order valence-electron chi connectivity index (χ1n) is 17.2. The van der Waals surface area contributed by atoms with Gasteiger partial charge in [0.2, 0.25) is 11.7 Å².